The molecule has 92 valence electrons. The van der Waals surface area contributed by atoms with Crippen LogP contribution in [0.3, 0.4) is 0 Å². The molecule has 0 N–H and O–H groups in total. The van der Waals surface area contributed by atoms with Crippen molar-refractivity contribution in [1.29, 1.82) is 0 Å². The van der Waals surface area contributed by atoms with E-state index in [1.807, 2.05) is 61.5 Å². The van der Waals surface area contributed by atoms with E-state index >= 15 is 0 Å². The van der Waals surface area contributed by atoms with Gasteiger partial charge in [0.15, 0.2) is 0 Å². The molecule has 0 radical (unpaired) electrons. The van der Waals surface area contributed by atoms with Crippen molar-refractivity contribution in [2.45, 2.75) is 6.92 Å². The lowest BCUT2D eigenvalue weighted by Crippen LogP contribution is -2.31. The third-order valence-electron chi connectivity index (χ3n) is 2.73. The number of carbonyl (C=O) groups is 1. The fraction of sp³-hybridized carbons (Fsp3) is 0.133. The minimum absolute atomic E-state index is 0.0497. The molecule has 3 heteroatoms. The lowest BCUT2D eigenvalue weighted by atomic mass is 10.2. The predicted octanol–water partition coefficient (Wildman–Crippen LogP) is 3.96. The van der Waals surface area contributed by atoms with Crippen LogP contribution in [0.15, 0.2) is 54.6 Å². The lowest BCUT2D eigenvalue weighted by Gasteiger charge is -2.21. The van der Waals surface area contributed by atoms with Crippen LogP contribution in [-0.4, -0.2) is 12.5 Å². The van der Waals surface area contributed by atoms with Gasteiger partial charge < -0.3 is 4.90 Å². The van der Waals surface area contributed by atoms with Crippen molar-refractivity contribution in [3.8, 4) is 0 Å². The molecule has 0 unspecified atom stereocenters. The number of hydrogen-bond acceptors (Lipinski definition) is 1. The minimum atomic E-state index is 0.0497. The number of rotatable bonds is 3. The predicted molar refractivity (Wildman–Crippen MR) is 83.0 cm³/mol. The smallest absolute Gasteiger partial charge is 0.259 e. The highest BCUT2D eigenvalue weighted by atomic mass is 127. The van der Waals surface area contributed by atoms with E-state index in [9.17, 15) is 4.79 Å². The van der Waals surface area contributed by atoms with E-state index in [0.29, 0.717) is 6.54 Å². The molecule has 2 aromatic rings. The van der Waals surface area contributed by atoms with Crippen molar-refractivity contribution in [2.75, 3.05) is 11.4 Å². The van der Waals surface area contributed by atoms with E-state index in [1.54, 1.807) is 4.90 Å². The zero-order valence-corrected chi connectivity index (χ0v) is 12.3. The normalized spacial score (nSPS) is 10.1. The standard InChI is InChI=1S/C15H14INO/c1-2-17(12-8-4-3-5-9-12)15(18)13-10-6-7-11-14(13)16/h3-11H,2H2,1H3. The molecular formula is C15H14INO. The molecular weight excluding hydrogens is 337 g/mol. The summed E-state index contributed by atoms with van der Waals surface area (Å²) in [4.78, 5) is 14.3. The van der Waals surface area contributed by atoms with Gasteiger partial charge >= 0.3 is 0 Å². The molecule has 0 aliphatic rings. The van der Waals surface area contributed by atoms with Gasteiger partial charge in [0.05, 0.1) is 5.56 Å². The monoisotopic (exact) mass is 351 g/mol. The van der Waals surface area contributed by atoms with Crippen LogP contribution in [0, 0.1) is 3.57 Å². The Labute approximate surface area is 121 Å². The van der Waals surface area contributed by atoms with Gasteiger partial charge in [-0.2, -0.15) is 0 Å². The van der Waals surface area contributed by atoms with Gasteiger partial charge in [-0.1, -0.05) is 30.3 Å². The summed E-state index contributed by atoms with van der Waals surface area (Å²) < 4.78 is 0.981. The number of para-hydroxylation sites is 1. The largest absolute Gasteiger partial charge is 0.309 e. The van der Waals surface area contributed by atoms with Crippen molar-refractivity contribution in [3.05, 3.63) is 63.7 Å². The average molecular weight is 351 g/mol. The molecule has 0 aromatic heterocycles. The Morgan fingerprint density at radius 3 is 2.28 bits per heavy atom. The second kappa shape index (κ2) is 6.00. The van der Waals surface area contributed by atoms with Crippen molar-refractivity contribution in [3.63, 3.8) is 0 Å². The molecule has 18 heavy (non-hydrogen) atoms. The van der Waals surface area contributed by atoms with Gasteiger partial charge in [-0.3, -0.25) is 4.79 Å². The number of carbonyl (C=O) groups excluding carboxylic acids is 1. The number of benzene rings is 2. The molecule has 0 bridgehead atoms. The van der Waals surface area contributed by atoms with Crippen LogP contribution in [0.1, 0.15) is 17.3 Å². The first-order chi connectivity index (χ1) is 8.74. The SMILES string of the molecule is CCN(C(=O)c1ccccc1I)c1ccccc1. The Morgan fingerprint density at radius 1 is 1.06 bits per heavy atom. The summed E-state index contributed by atoms with van der Waals surface area (Å²) >= 11 is 2.20. The van der Waals surface area contributed by atoms with Gasteiger partial charge in [0.1, 0.15) is 0 Å². The summed E-state index contributed by atoms with van der Waals surface area (Å²) in [6.07, 6.45) is 0. The van der Waals surface area contributed by atoms with E-state index in [4.69, 9.17) is 0 Å². The van der Waals surface area contributed by atoms with Crippen molar-refractivity contribution < 1.29 is 4.79 Å². The zero-order valence-electron chi connectivity index (χ0n) is 10.1. The first kappa shape index (κ1) is 13.1. The molecule has 0 heterocycles. The molecule has 0 saturated carbocycles. The molecule has 0 saturated heterocycles. The number of halogens is 1. The van der Waals surface area contributed by atoms with Crippen LogP contribution in [0.5, 0.6) is 0 Å². The third-order valence-corrected chi connectivity index (χ3v) is 3.67. The van der Waals surface area contributed by atoms with Gasteiger partial charge in [-0.15, -0.1) is 0 Å². The van der Waals surface area contributed by atoms with Gasteiger partial charge in [-0.25, -0.2) is 0 Å². The van der Waals surface area contributed by atoms with Crippen molar-refractivity contribution >= 4 is 34.2 Å². The molecule has 2 nitrogen and oxygen atoms in total. The van der Waals surface area contributed by atoms with Crippen LogP contribution in [-0.2, 0) is 0 Å². The number of nitrogens with zero attached hydrogens (tertiary/aromatic N) is 1. The van der Waals surface area contributed by atoms with Crippen molar-refractivity contribution in [1.82, 2.24) is 0 Å². The molecule has 1 amide bonds. The zero-order chi connectivity index (χ0) is 13.0. The van der Waals surface area contributed by atoms with Crippen LogP contribution in [0.4, 0.5) is 5.69 Å². The first-order valence-corrected chi connectivity index (χ1v) is 6.93. The first-order valence-electron chi connectivity index (χ1n) is 5.85. The molecule has 0 aliphatic heterocycles. The van der Waals surface area contributed by atoms with E-state index in [-0.39, 0.29) is 5.91 Å². The van der Waals surface area contributed by atoms with E-state index in [0.717, 1.165) is 14.8 Å². The Hall–Kier alpha value is -1.36. The van der Waals surface area contributed by atoms with Gasteiger partial charge in [0, 0.05) is 15.8 Å². The molecule has 2 rings (SSSR count). The summed E-state index contributed by atoms with van der Waals surface area (Å²) in [7, 11) is 0. The highest BCUT2D eigenvalue weighted by Crippen LogP contribution is 2.19. The highest BCUT2D eigenvalue weighted by Gasteiger charge is 2.17. The lowest BCUT2D eigenvalue weighted by molar-refractivity contribution is 0.0987. The molecule has 0 fully saturated rings. The van der Waals surface area contributed by atoms with Crippen LogP contribution >= 0.6 is 22.6 Å². The number of amides is 1. The molecule has 0 atom stereocenters. The van der Waals surface area contributed by atoms with Gasteiger partial charge in [0.2, 0.25) is 0 Å². The minimum Gasteiger partial charge on any atom is -0.309 e. The summed E-state index contributed by atoms with van der Waals surface area (Å²) in [5.41, 5.74) is 1.69. The number of anilines is 1. The summed E-state index contributed by atoms with van der Waals surface area (Å²) in [6, 6.07) is 17.4. The Balaban J connectivity index is 2.35. The highest BCUT2D eigenvalue weighted by molar-refractivity contribution is 14.1. The summed E-state index contributed by atoms with van der Waals surface area (Å²) in [6.45, 7) is 2.65. The molecule has 0 aliphatic carbocycles. The Morgan fingerprint density at radius 2 is 1.67 bits per heavy atom. The molecule has 0 spiro atoms. The fourth-order valence-corrected chi connectivity index (χ4v) is 2.45. The average Bonchev–Trinajstić information content (AvgIpc) is 2.41. The van der Waals surface area contributed by atoms with Crippen LogP contribution < -0.4 is 4.90 Å². The quantitative estimate of drug-likeness (QED) is 0.767. The summed E-state index contributed by atoms with van der Waals surface area (Å²) in [5.74, 6) is 0.0497. The third kappa shape index (κ3) is 2.72. The number of hydrogen-bond donors (Lipinski definition) is 0. The maximum atomic E-state index is 12.5. The maximum absolute atomic E-state index is 12.5. The Kier molecular flexibility index (Phi) is 4.36. The van der Waals surface area contributed by atoms with Gasteiger partial charge in [0.25, 0.3) is 5.91 Å². The van der Waals surface area contributed by atoms with Crippen molar-refractivity contribution in [2.24, 2.45) is 0 Å². The Bertz CT molecular complexity index is 539. The second-order valence-corrected chi connectivity index (χ2v) is 5.03. The van der Waals surface area contributed by atoms with E-state index < -0.39 is 0 Å². The molecule has 2 aromatic carbocycles. The van der Waals surface area contributed by atoms with E-state index in [1.165, 1.54) is 0 Å². The van der Waals surface area contributed by atoms with Crippen LogP contribution in [0.2, 0.25) is 0 Å². The van der Waals surface area contributed by atoms with Gasteiger partial charge in [-0.05, 0) is 53.8 Å². The summed E-state index contributed by atoms with van der Waals surface area (Å²) in [5, 5.41) is 0. The topological polar surface area (TPSA) is 20.3 Å². The van der Waals surface area contributed by atoms with E-state index in [2.05, 4.69) is 22.6 Å². The second-order valence-electron chi connectivity index (χ2n) is 3.86. The van der Waals surface area contributed by atoms with Crippen LogP contribution in [0.25, 0.3) is 0 Å². The maximum Gasteiger partial charge on any atom is 0.259 e. The fourth-order valence-electron chi connectivity index (χ4n) is 1.83.